The maximum Gasteiger partial charge on any atom is 0.256 e. The molecule has 1 heterocycles. The number of halogens is 2. The molecule has 2 N–H and O–H groups in total. The summed E-state index contributed by atoms with van der Waals surface area (Å²) in [6.45, 7) is 4.27. The summed E-state index contributed by atoms with van der Waals surface area (Å²) < 4.78 is 0. The van der Waals surface area contributed by atoms with E-state index in [2.05, 4.69) is 22.2 Å². The first kappa shape index (κ1) is 15.4. The van der Waals surface area contributed by atoms with Gasteiger partial charge in [-0.15, -0.1) is 6.58 Å². The number of nitrogens with one attached hydrogen (secondary N) is 2. The highest BCUT2D eigenvalue weighted by atomic mass is 35.5. The molecule has 0 saturated heterocycles. The molecular weight excluding hydrogens is 309 g/mol. The Labute approximate surface area is 132 Å². The lowest BCUT2D eigenvalue weighted by molar-refractivity contribution is 0.102. The van der Waals surface area contributed by atoms with Gasteiger partial charge in [0, 0.05) is 12.1 Å². The van der Waals surface area contributed by atoms with Gasteiger partial charge in [0.15, 0.2) is 0 Å². The van der Waals surface area contributed by atoms with E-state index in [1.54, 1.807) is 30.5 Å². The highest BCUT2D eigenvalue weighted by Crippen LogP contribution is 2.23. The molecule has 108 valence electrons. The molecule has 0 radical (unpaired) electrons. The third kappa shape index (κ3) is 4.21. The van der Waals surface area contributed by atoms with Crippen molar-refractivity contribution in [3.63, 3.8) is 0 Å². The molecule has 1 aromatic heterocycles. The van der Waals surface area contributed by atoms with Crippen molar-refractivity contribution < 1.29 is 4.79 Å². The van der Waals surface area contributed by atoms with Crippen molar-refractivity contribution in [2.75, 3.05) is 17.2 Å². The van der Waals surface area contributed by atoms with Crippen LogP contribution >= 0.6 is 23.2 Å². The molecule has 0 aliphatic rings. The Hall–Kier alpha value is -2.04. The Balaban J connectivity index is 2.05. The molecule has 0 aliphatic heterocycles. The van der Waals surface area contributed by atoms with Gasteiger partial charge in [-0.25, -0.2) is 4.98 Å². The van der Waals surface area contributed by atoms with Crippen molar-refractivity contribution in [1.29, 1.82) is 0 Å². The number of rotatable bonds is 5. The van der Waals surface area contributed by atoms with Crippen LogP contribution in [0.5, 0.6) is 0 Å². The minimum absolute atomic E-state index is 0.298. The maximum atomic E-state index is 12.1. The fourth-order valence-corrected chi connectivity index (χ4v) is 1.89. The quantitative estimate of drug-likeness (QED) is 0.810. The summed E-state index contributed by atoms with van der Waals surface area (Å²) in [6.07, 6.45) is 3.38. The van der Waals surface area contributed by atoms with Crippen LogP contribution in [0.3, 0.4) is 0 Å². The van der Waals surface area contributed by atoms with Crippen molar-refractivity contribution in [3.05, 3.63) is 64.8 Å². The van der Waals surface area contributed by atoms with Gasteiger partial charge in [-0.05, 0) is 30.3 Å². The highest BCUT2D eigenvalue weighted by Gasteiger charge is 2.09. The Bertz CT molecular complexity index is 656. The third-order valence-corrected chi connectivity index (χ3v) is 3.38. The number of benzene rings is 1. The summed E-state index contributed by atoms with van der Waals surface area (Å²) in [6, 6.07) is 8.22. The van der Waals surface area contributed by atoms with Crippen molar-refractivity contribution >= 4 is 40.6 Å². The lowest BCUT2D eigenvalue weighted by atomic mass is 10.2. The molecule has 4 nitrogen and oxygen atoms in total. The van der Waals surface area contributed by atoms with Crippen molar-refractivity contribution in [2.24, 2.45) is 0 Å². The average molecular weight is 322 g/mol. The second-order valence-electron chi connectivity index (χ2n) is 4.18. The fraction of sp³-hybridized carbons (Fsp3) is 0.0667. The fourth-order valence-electron chi connectivity index (χ4n) is 1.59. The van der Waals surface area contributed by atoms with Crippen LogP contribution in [0.25, 0.3) is 0 Å². The SMILES string of the molecule is C=CCNc1ccc(NC(=O)c2ccc(Cl)c(Cl)c2)nc1. The van der Waals surface area contributed by atoms with Crippen LogP contribution < -0.4 is 10.6 Å². The molecule has 0 bridgehead atoms. The topological polar surface area (TPSA) is 54.0 Å². The second kappa shape index (κ2) is 7.11. The zero-order valence-corrected chi connectivity index (χ0v) is 12.6. The number of anilines is 2. The number of amides is 1. The van der Waals surface area contributed by atoms with Gasteiger partial charge in [0.05, 0.1) is 21.9 Å². The van der Waals surface area contributed by atoms with Gasteiger partial charge in [0.1, 0.15) is 5.82 Å². The van der Waals surface area contributed by atoms with Gasteiger partial charge in [0.25, 0.3) is 5.91 Å². The van der Waals surface area contributed by atoms with Gasteiger partial charge in [-0.3, -0.25) is 4.79 Å². The van der Waals surface area contributed by atoms with Crippen LogP contribution in [0.4, 0.5) is 11.5 Å². The van der Waals surface area contributed by atoms with Gasteiger partial charge in [-0.2, -0.15) is 0 Å². The standard InChI is InChI=1S/C15H13Cl2N3O/c1-2-7-18-11-4-6-14(19-9-11)20-15(21)10-3-5-12(16)13(17)8-10/h2-6,8-9,18H,1,7H2,(H,19,20,21). The Kier molecular flexibility index (Phi) is 5.20. The lowest BCUT2D eigenvalue weighted by Crippen LogP contribution is -2.13. The van der Waals surface area contributed by atoms with Crippen LogP contribution in [0.2, 0.25) is 10.0 Å². The number of hydrogen-bond donors (Lipinski definition) is 2. The molecule has 1 amide bonds. The van der Waals surface area contributed by atoms with E-state index in [4.69, 9.17) is 23.2 Å². The second-order valence-corrected chi connectivity index (χ2v) is 5.00. The zero-order chi connectivity index (χ0) is 15.2. The summed E-state index contributed by atoms with van der Waals surface area (Å²) in [5, 5.41) is 6.52. The average Bonchev–Trinajstić information content (AvgIpc) is 2.49. The maximum absolute atomic E-state index is 12.1. The molecule has 0 fully saturated rings. The number of pyridine rings is 1. The van der Waals surface area contributed by atoms with E-state index >= 15 is 0 Å². The largest absolute Gasteiger partial charge is 0.380 e. The Morgan fingerprint density at radius 1 is 1.24 bits per heavy atom. The van der Waals surface area contributed by atoms with Crippen LogP contribution in [0, 0.1) is 0 Å². The van der Waals surface area contributed by atoms with Gasteiger partial charge in [0.2, 0.25) is 0 Å². The molecular formula is C15H13Cl2N3O. The normalized spacial score (nSPS) is 10.0. The predicted octanol–water partition coefficient (Wildman–Crippen LogP) is 4.24. The molecule has 1 aromatic carbocycles. The van der Waals surface area contributed by atoms with E-state index in [1.165, 1.54) is 6.07 Å². The molecule has 2 rings (SSSR count). The first-order chi connectivity index (χ1) is 10.1. The third-order valence-electron chi connectivity index (χ3n) is 2.64. The van der Waals surface area contributed by atoms with E-state index in [0.29, 0.717) is 28.0 Å². The van der Waals surface area contributed by atoms with Crippen LogP contribution in [0.1, 0.15) is 10.4 Å². The monoisotopic (exact) mass is 321 g/mol. The first-order valence-electron chi connectivity index (χ1n) is 6.17. The van der Waals surface area contributed by atoms with E-state index in [9.17, 15) is 4.79 Å². The number of carbonyl (C=O) groups excluding carboxylic acids is 1. The summed E-state index contributed by atoms with van der Waals surface area (Å²) in [5.41, 5.74) is 1.27. The summed E-state index contributed by atoms with van der Waals surface area (Å²) in [5.74, 6) is 0.156. The molecule has 0 atom stereocenters. The molecule has 21 heavy (non-hydrogen) atoms. The molecule has 0 aliphatic carbocycles. The van der Waals surface area contributed by atoms with Crippen LogP contribution in [0.15, 0.2) is 49.2 Å². The minimum Gasteiger partial charge on any atom is -0.380 e. The lowest BCUT2D eigenvalue weighted by Gasteiger charge is -2.07. The van der Waals surface area contributed by atoms with Crippen molar-refractivity contribution in [3.8, 4) is 0 Å². The number of aromatic nitrogens is 1. The summed E-state index contributed by atoms with van der Waals surface area (Å²) >= 11 is 11.7. The summed E-state index contributed by atoms with van der Waals surface area (Å²) in [4.78, 5) is 16.2. The van der Waals surface area contributed by atoms with Crippen LogP contribution in [-0.2, 0) is 0 Å². The number of carbonyl (C=O) groups is 1. The van der Waals surface area contributed by atoms with E-state index in [0.717, 1.165) is 5.69 Å². The molecule has 0 saturated carbocycles. The molecule has 2 aromatic rings. The van der Waals surface area contributed by atoms with E-state index in [-0.39, 0.29) is 5.91 Å². The first-order valence-corrected chi connectivity index (χ1v) is 6.93. The van der Waals surface area contributed by atoms with Gasteiger partial charge < -0.3 is 10.6 Å². The summed E-state index contributed by atoms with van der Waals surface area (Å²) in [7, 11) is 0. The Morgan fingerprint density at radius 3 is 2.67 bits per heavy atom. The number of nitrogens with zero attached hydrogens (tertiary/aromatic N) is 1. The molecule has 0 unspecified atom stereocenters. The smallest absolute Gasteiger partial charge is 0.256 e. The van der Waals surface area contributed by atoms with E-state index < -0.39 is 0 Å². The zero-order valence-electron chi connectivity index (χ0n) is 11.1. The Morgan fingerprint density at radius 2 is 2.05 bits per heavy atom. The minimum atomic E-state index is -0.298. The van der Waals surface area contributed by atoms with Crippen molar-refractivity contribution in [2.45, 2.75) is 0 Å². The van der Waals surface area contributed by atoms with Gasteiger partial charge >= 0.3 is 0 Å². The van der Waals surface area contributed by atoms with Gasteiger partial charge in [-0.1, -0.05) is 29.3 Å². The van der Waals surface area contributed by atoms with Crippen molar-refractivity contribution in [1.82, 2.24) is 4.98 Å². The molecule has 6 heteroatoms. The van der Waals surface area contributed by atoms with Crippen LogP contribution in [-0.4, -0.2) is 17.4 Å². The highest BCUT2D eigenvalue weighted by molar-refractivity contribution is 6.42. The molecule has 0 spiro atoms. The predicted molar refractivity (Wildman–Crippen MR) is 87.3 cm³/mol. The van der Waals surface area contributed by atoms with E-state index in [1.807, 2.05) is 6.07 Å². The number of hydrogen-bond acceptors (Lipinski definition) is 3.